The van der Waals surface area contributed by atoms with Crippen LogP contribution in [0.25, 0.3) is 11.0 Å². The van der Waals surface area contributed by atoms with Crippen molar-refractivity contribution in [2.75, 3.05) is 6.54 Å². The summed E-state index contributed by atoms with van der Waals surface area (Å²) in [6.07, 6.45) is 2.61. The van der Waals surface area contributed by atoms with Crippen molar-refractivity contribution in [1.29, 1.82) is 0 Å². The zero-order valence-electron chi connectivity index (χ0n) is 15.4. The van der Waals surface area contributed by atoms with E-state index in [2.05, 4.69) is 10.3 Å². The van der Waals surface area contributed by atoms with Crippen molar-refractivity contribution in [3.8, 4) is 0 Å². The normalized spacial score (nSPS) is 20.4. The van der Waals surface area contributed by atoms with E-state index in [0.29, 0.717) is 19.5 Å². The molecule has 1 unspecified atom stereocenters. The fraction of sp³-hybridized carbons (Fsp3) is 0.333. The minimum Gasteiger partial charge on any atom is -0.364 e. The lowest BCUT2D eigenvalue weighted by Crippen LogP contribution is -2.39. The Balaban J connectivity index is 1.57. The van der Waals surface area contributed by atoms with E-state index in [0.717, 1.165) is 23.0 Å². The van der Waals surface area contributed by atoms with Crippen molar-refractivity contribution in [3.63, 3.8) is 0 Å². The second kappa shape index (κ2) is 8.08. The lowest BCUT2D eigenvalue weighted by atomic mass is 10.1. The molecule has 1 saturated heterocycles. The van der Waals surface area contributed by atoms with Gasteiger partial charge in [0, 0.05) is 13.1 Å². The number of hydrogen-bond donors (Lipinski definition) is 2. The largest absolute Gasteiger partial charge is 0.364 e. The fourth-order valence-corrected chi connectivity index (χ4v) is 3.62. The predicted molar refractivity (Wildman–Crippen MR) is 104 cm³/mol. The Bertz CT molecular complexity index is 956. The second-order valence-corrected chi connectivity index (χ2v) is 7.06. The Morgan fingerprint density at radius 3 is 2.79 bits per heavy atom. The summed E-state index contributed by atoms with van der Waals surface area (Å²) in [6.45, 7) is 0.886. The topological polar surface area (TPSA) is 82.2 Å². The van der Waals surface area contributed by atoms with Crippen molar-refractivity contribution in [2.24, 2.45) is 5.73 Å². The second-order valence-electron chi connectivity index (χ2n) is 7.06. The number of rotatable bonds is 6. The summed E-state index contributed by atoms with van der Waals surface area (Å²) in [5.41, 5.74) is 8.33. The first-order valence-corrected chi connectivity index (χ1v) is 9.45. The standard InChI is InChI=1S/C21H23FN4O2/c22-15-7-5-14(6-8-15)18(25-21(27)20-10-9-16(11-23)28-20)12-26-13-24-17-3-1-2-4-19(17)26/h1-8,13,16,18,20H,9-12,23H2,(H,25,27)/t16-,18?,20+/m1/s1. The van der Waals surface area contributed by atoms with E-state index in [1.807, 2.05) is 28.8 Å². The number of halogens is 1. The van der Waals surface area contributed by atoms with Crippen LogP contribution in [-0.4, -0.2) is 34.2 Å². The van der Waals surface area contributed by atoms with E-state index in [4.69, 9.17) is 10.5 Å². The van der Waals surface area contributed by atoms with E-state index in [-0.39, 0.29) is 23.9 Å². The van der Waals surface area contributed by atoms with Gasteiger partial charge < -0.3 is 20.4 Å². The van der Waals surface area contributed by atoms with Crippen LogP contribution in [0.1, 0.15) is 24.4 Å². The monoisotopic (exact) mass is 382 g/mol. The highest BCUT2D eigenvalue weighted by molar-refractivity contribution is 5.81. The minimum atomic E-state index is -0.504. The highest BCUT2D eigenvalue weighted by atomic mass is 19.1. The maximum Gasteiger partial charge on any atom is 0.249 e. The summed E-state index contributed by atoms with van der Waals surface area (Å²) in [6, 6.07) is 13.7. The molecule has 1 aromatic heterocycles. The van der Waals surface area contributed by atoms with Gasteiger partial charge in [-0.2, -0.15) is 0 Å². The number of fused-ring (bicyclic) bond motifs is 1. The Kier molecular flexibility index (Phi) is 5.36. The lowest BCUT2D eigenvalue weighted by molar-refractivity contribution is -0.132. The van der Waals surface area contributed by atoms with Crippen LogP contribution in [0.3, 0.4) is 0 Å². The molecule has 28 heavy (non-hydrogen) atoms. The van der Waals surface area contributed by atoms with Crippen molar-refractivity contribution in [3.05, 3.63) is 66.2 Å². The minimum absolute atomic E-state index is 0.0717. The van der Waals surface area contributed by atoms with Crippen LogP contribution in [0.4, 0.5) is 4.39 Å². The maximum atomic E-state index is 13.4. The molecule has 1 fully saturated rings. The van der Waals surface area contributed by atoms with Gasteiger partial charge in [0.15, 0.2) is 0 Å². The number of aromatic nitrogens is 2. The highest BCUT2D eigenvalue weighted by Gasteiger charge is 2.31. The summed E-state index contributed by atoms with van der Waals surface area (Å²) in [5, 5.41) is 3.07. The molecule has 0 spiro atoms. The number of imidazole rings is 1. The average molecular weight is 382 g/mol. The summed E-state index contributed by atoms with van der Waals surface area (Å²) in [5.74, 6) is -0.485. The van der Waals surface area contributed by atoms with E-state index < -0.39 is 6.10 Å². The molecule has 4 rings (SSSR count). The van der Waals surface area contributed by atoms with E-state index in [1.165, 1.54) is 12.1 Å². The molecular weight excluding hydrogens is 359 g/mol. The molecule has 0 saturated carbocycles. The number of nitrogens with one attached hydrogen (secondary N) is 1. The first-order chi connectivity index (χ1) is 13.6. The number of nitrogens with two attached hydrogens (primary N) is 1. The molecule has 1 amide bonds. The number of ether oxygens (including phenoxy) is 1. The van der Waals surface area contributed by atoms with Gasteiger partial charge in [-0.05, 0) is 42.7 Å². The third kappa shape index (κ3) is 3.90. The van der Waals surface area contributed by atoms with Gasteiger partial charge in [0.25, 0.3) is 0 Å². The zero-order valence-corrected chi connectivity index (χ0v) is 15.4. The van der Waals surface area contributed by atoms with Crippen LogP contribution in [0.5, 0.6) is 0 Å². The molecular formula is C21H23FN4O2. The number of carbonyl (C=O) groups excluding carboxylic acids is 1. The Morgan fingerprint density at radius 1 is 1.25 bits per heavy atom. The molecule has 2 heterocycles. The highest BCUT2D eigenvalue weighted by Crippen LogP contribution is 2.23. The molecule has 0 bridgehead atoms. The predicted octanol–water partition coefficient (Wildman–Crippen LogP) is 2.54. The summed E-state index contributed by atoms with van der Waals surface area (Å²) < 4.78 is 21.1. The van der Waals surface area contributed by atoms with Crippen LogP contribution >= 0.6 is 0 Å². The molecule has 0 radical (unpaired) electrons. The van der Waals surface area contributed by atoms with Crippen LogP contribution in [0.15, 0.2) is 54.9 Å². The molecule has 3 N–H and O–H groups in total. The quantitative estimate of drug-likeness (QED) is 0.686. The molecule has 1 aliphatic heterocycles. The third-order valence-electron chi connectivity index (χ3n) is 5.16. The maximum absolute atomic E-state index is 13.4. The smallest absolute Gasteiger partial charge is 0.249 e. The van der Waals surface area contributed by atoms with Gasteiger partial charge in [-0.15, -0.1) is 0 Å². The van der Waals surface area contributed by atoms with Gasteiger partial charge in [-0.3, -0.25) is 4.79 Å². The zero-order chi connectivity index (χ0) is 19.5. The molecule has 3 atom stereocenters. The van der Waals surface area contributed by atoms with Crippen LogP contribution in [0, 0.1) is 5.82 Å². The summed E-state index contributed by atoms with van der Waals surface area (Å²) in [4.78, 5) is 17.2. The molecule has 6 nitrogen and oxygen atoms in total. The number of hydrogen-bond acceptors (Lipinski definition) is 4. The van der Waals surface area contributed by atoms with Gasteiger partial charge in [0.2, 0.25) is 5.91 Å². The first kappa shape index (κ1) is 18.6. The van der Waals surface area contributed by atoms with Crippen molar-refractivity contribution >= 4 is 16.9 Å². The van der Waals surface area contributed by atoms with Gasteiger partial charge in [0.05, 0.1) is 29.5 Å². The Labute approximate surface area is 162 Å². The van der Waals surface area contributed by atoms with Crippen LogP contribution in [0.2, 0.25) is 0 Å². The first-order valence-electron chi connectivity index (χ1n) is 9.45. The summed E-state index contributed by atoms with van der Waals surface area (Å²) >= 11 is 0. The summed E-state index contributed by atoms with van der Waals surface area (Å²) in [7, 11) is 0. The molecule has 7 heteroatoms. The lowest BCUT2D eigenvalue weighted by Gasteiger charge is -2.22. The Hall–Kier alpha value is -2.77. The van der Waals surface area contributed by atoms with Gasteiger partial charge >= 0.3 is 0 Å². The molecule has 1 aliphatic rings. The van der Waals surface area contributed by atoms with Gasteiger partial charge in [-0.1, -0.05) is 24.3 Å². The molecule has 0 aliphatic carbocycles. The van der Waals surface area contributed by atoms with Gasteiger partial charge in [0.1, 0.15) is 11.9 Å². The number of para-hydroxylation sites is 2. The van der Waals surface area contributed by atoms with E-state index in [1.54, 1.807) is 18.5 Å². The average Bonchev–Trinajstić information content (AvgIpc) is 3.35. The molecule has 146 valence electrons. The van der Waals surface area contributed by atoms with Crippen molar-refractivity contribution < 1.29 is 13.9 Å². The van der Waals surface area contributed by atoms with Crippen molar-refractivity contribution in [2.45, 2.75) is 37.6 Å². The fourth-order valence-electron chi connectivity index (χ4n) is 3.62. The van der Waals surface area contributed by atoms with E-state index >= 15 is 0 Å². The number of carbonyl (C=O) groups is 1. The molecule has 3 aromatic rings. The van der Waals surface area contributed by atoms with E-state index in [9.17, 15) is 9.18 Å². The number of benzene rings is 2. The number of amides is 1. The van der Waals surface area contributed by atoms with Crippen LogP contribution < -0.4 is 11.1 Å². The third-order valence-corrected chi connectivity index (χ3v) is 5.16. The van der Waals surface area contributed by atoms with Crippen molar-refractivity contribution in [1.82, 2.24) is 14.9 Å². The SMILES string of the molecule is NC[C@H]1CC[C@@H](C(=O)NC(Cn2cnc3ccccc32)c2ccc(F)cc2)O1. The van der Waals surface area contributed by atoms with Gasteiger partial charge in [-0.25, -0.2) is 9.37 Å². The number of nitrogens with zero attached hydrogens (tertiary/aromatic N) is 2. The molecule has 2 aromatic carbocycles. The van der Waals surface area contributed by atoms with Crippen LogP contribution in [-0.2, 0) is 16.1 Å². The Morgan fingerprint density at radius 2 is 2.04 bits per heavy atom.